The quantitative estimate of drug-likeness (QED) is 0.398. The predicted octanol–water partition coefficient (Wildman–Crippen LogP) is 4.64. The minimum atomic E-state index is -0.410. The highest BCUT2D eigenvalue weighted by molar-refractivity contribution is 5.77. The Morgan fingerprint density at radius 2 is 1.56 bits per heavy atom. The summed E-state index contributed by atoms with van der Waals surface area (Å²) in [6.07, 6.45) is 2.06. The SMILES string of the molecule is COC(=O)C(c1ccc(OCc2ccccc2)cc1)N1CCC(N2CCN(c3ccc(C#N)cc3)CC2)CC1. The number of ether oxygens (including phenoxy) is 2. The third kappa shape index (κ3) is 6.59. The lowest BCUT2D eigenvalue weighted by Crippen LogP contribution is -2.54. The summed E-state index contributed by atoms with van der Waals surface area (Å²) in [6, 6.07) is 28.1. The Bertz CT molecular complexity index is 1240. The van der Waals surface area contributed by atoms with Gasteiger partial charge in [-0.15, -0.1) is 0 Å². The highest BCUT2D eigenvalue weighted by atomic mass is 16.5. The number of methoxy groups -OCH3 is 1. The van der Waals surface area contributed by atoms with Crippen molar-refractivity contribution in [3.8, 4) is 11.8 Å². The normalized spacial score (nSPS) is 17.8. The van der Waals surface area contributed by atoms with Gasteiger partial charge in [0.25, 0.3) is 0 Å². The molecule has 0 N–H and O–H groups in total. The maximum absolute atomic E-state index is 12.9. The number of hydrogen-bond acceptors (Lipinski definition) is 7. The number of anilines is 1. The van der Waals surface area contributed by atoms with Gasteiger partial charge in [0.05, 0.1) is 18.7 Å². The number of hydrogen-bond donors (Lipinski definition) is 0. The zero-order valence-electron chi connectivity index (χ0n) is 22.5. The second-order valence-electron chi connectivity index (χ2n) is 10.2. The summed E-state index contributed by atoms with van der Waals surface area (Å²) in [4.78, 5) is 20.1. The van der Waals surface area contributed by atoms with Gasteiger partial charge in [-0.2, -0.15) is 5.26 Å². The van der Waals surface area contributed by atoms with E-state index in [0.29, 0.717) is 18.2 Å². The van der Waals surface area contributed by atoms with Crippen molar-refractivity contribution < 1.29 is 14.3 Å². The van der Waals surface area contributed by atoms with Crippen LogP contribution in [0.3, 0.4) is 0 Å². The van der Waals surface area contributed by atoms with E-state index in [4.69, 9.17) is 14.7 Å². The van der Waals surface area contributed by atoms with E-state index in [2.05, 4.69) is 20.8 Å². The van der Waals surface area contributed by atoms with Crippen molar-refractivity contribution in [1.29, 1.82) is 5.26 Å². The van der Waals surface area contributed by atoms with Gasteiger partial charge in [0.2, 0.25) is 0 Å². The predicted molar refractivity (Wildman–Crippen MR) is 152 cm³/mol. The minimum absolute atomic E-state index is 0.220. The molecular weight excluding hydrogens is 488 g/mol. The van der Waals surface area contributed by atoms with Crippen LogP contribution in [0.15, 0.2) is 78.9 Å². The molecule has 7 nitrogen and oxygen atoms in total. The van der Waals surface area contributed by atoms with Gasteiger partial charge in [-0.1, -0.05) is 42.5 Å². The number of carbonyl (C=O) groups is 1. The maximum atomic E-state index is 12.9. The molecule has 1 atom stereocenters. The number of benzene rings is 3. The third-order valence-electron chi connectivity index (χ3n) is 7.93. The number of piperazine rings is 1. The lowest BCUT2D eigenvalue weighted by molar-refractivity contribution is -0.148. The Morgan fingerprint density at radius 1 is 0.897 bits per heavy atom. The fourth-order valence-corrected chi connectivity index (χ4v) is 5.70. The topological polar surface area (TPSA) is 69.0 Å². The van der Waals surface area contributed by atoms with Crippen molar-refractivity contribution in [3.05, 3.63) is 95.6 Å². The highest BCUT2D eigenvalue weighted by Gasteiger charge is 2.34. The van der Waals surface area contributed by atoms with E-state index in [1.54, 1.807) is 0 Å². The van der Waals surface area contributed by atoms with Gasteiger partial charge >= 0.3 is 5.97 Å². The number of nitriles is 1. The fourth-order valence-electron chi connectivity index (χ4n) is 5.70. The van der Waals surface area contributed by atoms with Gasteiger partial charge in [0.1, 0.15) is 18.4 Å². The summed E-state index contributed by atoms with van der Waals surface area (Å²) in [6.45, 7) is 6.23. The monoisotopic (exact) mass is 524 g/mol. The first-order valence-electron chi connectivity index (χ1n) is 13.7. The van der Waals surface area contributed by atoms with Crippen LogP contribution in [0.25, 0.3) is 0 Å². The van der Waals surface area contributed by atoms with E-state index >= 15 is 0 Å². The molecule has 2 fully saturated rings. The Labute approximate surface area is 231 Å². The zero-order chi connectivity index (χ0) is 27.0. The minimum Gasteiger partial charge on any atom is -0.489 e. The Kier molecular flexibility index (Phi) is 8.77. The van der Waals surface area contributed by atoms with Crippen molar-refractivity contribution in [1.82, 2.24) is 9.80 Å². The molecule has 0 radical (unpaired) electrons. The molecule has 3 aromatic carbocycles. The Hall–Kier alpha value is -3.86. The zero-order valence-corrected chi connectivity index (χ0v) is 22.5. The molecule has 0 amide bonds. The first-order chi connectivity index (χ1) is 19.1. The van der Waals surface area contributed by atoms with Crippen molar-refractivity contribution in [2.45, 2.75) is 31.5 Å². The summed E-state index contributed by atoms with van der Waals surface area (Å²) in [5, 5.41) is 9.04. The van der Waals surface area contributed by atoms with E-state index in [-0.39, 0.29) is 5.97 Å². The number of piperidine rings is 1. The molecule has 202 valence electrons. The lowest BCUT2D eigenvalue weighted by Gasteiger charge is -2.44. The van der Waals surface area contributed by atoms with Gasteiger partial charge in [-0.25, -0.2) is 4.79 Å². The van der Waals surface area contributed by atoms with E-state index < -0.39 is 6.04 Å². The molecule has 2 saturated heterocycles. The molecule has 5 rings (SSSR count). The van der Waals surface area contributed by atoms with Gasteiger partial charge in [0.15, 0.2) is 0 Å². The maximum Gasteiger partial charge on any atom is 0.327 e. The third-order valence-corrected chi connectivity index (χ3v) is 7.93. The van der Waals surface area contributed by atoms with E-state index in [9.17, 15) is 4.79 Å². The molecule has 2 heterocycles. The van der Waals surface area contributed by atoms with Crippen LogP contribution < -0.4 is 9.64 Å². The van der Waals surface area contributed by atoms with Crippen LogP contribution >= 0.6 is 0 Å². The summed E-state index contributed by atoms with van der Waals surface area (Å²) < 4.78 is 11.2. The molecule has 39 heavy (non-hydrogen) atoms. The highest BCUT2D eigenvalue weighted by Crippen LogP contribution is 2.30. The fraction of sp³-hybridized carbons (Fsp3) is 0.375. The largest absolute Gasteiger partial charge is 0.489 e. The summed E-state index contributed by atoms with van der Waals surface area (Å²) in [5.74, 6) is 0.563. The van der Waals surface area contributed by atoms with Crippen LogP contribution in [0.1, 0.15) is 35.6 Å². The van der Waals surface area contributed by atoms with E-state index in [1.165, 1.54) is 12.8 Å². The molecule has 0 saturated carbocycles. The number of rotatable bonds is 8. The summed E-state index contributed by atoms with van der Waals surface area (Å²) in [7, 11) is 1.47. The molecule has 3 aromatic rings. The van der Waals surface area contributed by atoms with Gasteiger partial charge in [-0.05, 0) is 60.4 Å². The summed E-state index contributed by atoms with van der Waals surface area (Å²) >= 11 is 0. The molecular formula is C32H36N4O3. The van der Waals surface area contributed by atoms with E-state index in [0.717, 1.165) is 69.0 Å². The molecule has 0 aliphatic carbocycles. The molecule has 7 heteroatoms. The number of carbonyl (C=O) groups excluding carboxylic acids is 1. The van der Waals surface area contributed by atoms with Crippen LogP contribution in [0.2, 0.25) is 0 Å². The van der Waals surface area contributed by atoms with Crippen LogP contribution in [-0.2, 0) is 16.1 Å². The van der Waals surface area contributed by atoms with Crippen molar-refractivity contribution in [2.24, 2.45) is 0 Å². The smallest absolute Gasteiger partial charge is 0.327 e. The van der Waals surface area contributed by atoms with Crippen LogP contribution in [0.5, 0.6) is 5.75 Å². The molecule has 0 spiro atoms. The number of esters is 1. The molecule has 2 aliphatic heterocycles. The second kappa shape index (κ2) is 12.8. The van der Waals surface area contributed by atoms with Crippen LogP contribution in [0, 0.1) is 11.3 Å². The lowest BCUT2D eigenvalue weighted by atomic mass is 9.97. The molecule has 2 aliphatic rings. The van der Waals surface area contributed by atoms with Crippen molar-refractivity contribution in [2.75, 3.05) is 51.3 Å². The van der Waals surface area contributed by atoms with E-state index in [1.807, 2.05) is 78.9 Å². The first-order valence-corrected chi connectivity index (χ1v) is 13.7. The number of nitrogens with zero attached hydrogens (tertiary/aromatic N) is 4. The number of likely N-dealkylation sites (tertiary alicyclic amines) is 1. The second-order valence-corrected chi connectivity index (χ2v) is 10.2. The molecule has 1 unspecified atom stereocenters. The average molecular weight is 525 g/mol. The first kappa shape index (κ1) is 26.7. The summed E-state index contributed by atoms with van der Waals surface area (Å²) in [5.41, 5.74) is 3.93. The van der Waals surface area contributed by atoms with Gasteiger partial charge < -0.3 is 14.4 Å². The van der Waals surface area contributed by atoms with Crippen LogP contribution in [-0.4, -0.2) is 68.2 Å². The Balaban J connectivity index is 1.14. The van der Waals surface area contributed by atoms with Gasteiger partial charge in [-0.3, -0.25) is 9.80 Å². The van der Waals surface area contributed by atoms with Crippen molar-refractivity contribution >= 4 is 11.7 Å². The van der Waals surface area contributed by atoms with Crippen LogP contribution in [0.4, 0.5) is 5.69 Å². The Morgan fingerprint density at radius 3 is 2.18 bits per heavy atom. The van der Waals surface area contributed by atoms with Gasteiger partial charge in [0, 0.05) is 51.0 Å². The molecule has 0 aromatic heterocycles. The molecule has 0 bridgehead atoms. The standard InChI is InChI=1S/C32H36N4O3/c1-38-32(37)31(27-9-13-30(14-10-27)39-24-26-5-3-2-4-6-26)36-17-15-29(16-18-36)35-21-19-34(20-22-35)28-11-7-25(23-33)8-12-28/h2-14,29,31H,15-22,24H2,1H3. The van der Waals surface area contributed by atoms with Crippen molar-refractivity contribution in [3.63, 3.8) is 0 Å². The average Bonchev–Trinajstić information content (AvgIpc) is 3.01.